The summed E-state index contributed by atoms with van der Waals surface area (Å²) in [6.45, 7) is 2.35. The lowest BCUT2D eigenvalue weighted by Gasteiger charge is -2.21. The number of nitrogens with one attached hydrogen (secondary N) is 1. The van der Waals surface area contributed by atoms with Gasteiger partial charge in [-0.2, -0.15) is 0 Å². The molecule has 4 heteroatoms. The SMILES string of the molecule is OCC1CCc2nc(C3CCCCN3)cn2C1. The molecule has 17 heavy (non-hydrogen) atoms. The number of aliphatic hydroxyl groups excluding tert-OH is 1. The van der Waals surface area contributed by atoms with Crippen molar-refractivity contribution in [3.8, 4) is 0 Å². The molecular formula is C13H21N3O. The van der Waals surface area contributed by atoms with Crippen molar-refractivity contribution in [2.24, 2.45) is 5.92 Å². The number of aliphatic hydroxyl groups is 1. The van der Waals surface area contributed by atoms with Crippen LogP contribution in [-0.2, 0) is 13.0 Å². The average molecular weight is 235 g/mol. The summed E-state index contributed by atoms with van der Waals surface area (Å²) < 4.78 is 2.25. The Morgan fingerprint density at radius 2 is 2.35 bits per heavy atom. The number of aryl methyl sites for hydroxylation is 1. The minimum absolute atomic E-state index is 0.300. The lowest BCUT2D eigenvalue weighted by Crippen LogP contribution is -2.27. The standard InChI is InChI=1S/C13H21N3O/c17-9-10-4-5-13-15-12(8-16(13)7-10)11-3-1-2-6-14-11/h8,10-11,14,17H,1-7,9H2. The van der Waals surface area contributed by atoms with Crippen LogP contribution >= 0.6 is 0 Å². The molecular weight excluding hydrogens is 214 g/mol. The van der Waals surface area contributed by atoms with Crippen molar-refractivity contribution in [3.63, 3.8) is 0 Å². The molecule has 1 aromatic rings. The lowest BCUT2D eigenvalue weighted by molar-refractivity contribution is 0.190. The molecule has 0 radical (unpaired) electrons. The van der Waals surface area contributed by atoms with Crippen LogP contribution in [0.3, 0.4) is 0 Å². The number of fused-ring (bicyclic) bond motifs is 1. The lowest BCUT2D eigenvalue weighted by atomic mass is 10.0. The summed E-state index contributed by atoms with van der Waals surface area (Å²) in [6, 6.07) is 0.453. The highest BCUT2D eigenvalue weighted by atomic mass is 16.3. The van der Waals surface area contributed by atoms with Crippen molar-refractivity contribution >= 4 is 0 Å². The molecule has 1 saturated heterocycles. The van der Waals surface area contributed by atoms with E-state index in [0.29, 0.717) is 18.6 Å². The normalized spacial score (nSPS) is 29.0. The zero-order valence-corrected chi connectivity index (χ0v) is 10.2. The molecule has 3 rings (SSSR count). The fourth-order valence-electron chi connectivity index (χ4n) is 2.96. The van der Waals surface area contributed by atoms with E-state index >= 15 is 0 Å². The maximum Gasteiger partial charge on any atom is 0.109 e. The van der Waals surface area contributed by atoms with Crippen molar-refractivity contribution in [1.29, 1.82) is 0 Å². The Balaban J connectivity index is 1.77. The molecule has 0 saturated carbocycles. The molecule has 0 amide bonds. The molecule has 2 aliphatic rings. The summed E-state index contributed by atoms with van der Waals surface area (Å²) >= 11 is 0. The highest BCUT2D eigenvalue weighted by Crippen LogP contribution is 2.25. The van der Waals surface area contributed by atoms with Crippen LogP contribution in [0.15, 0.2) is 6.20 Å². The van der Waals surface area contributed by atoms with Gasteiger partial charge in [-0.1, -0.05) is 6.42 Å². The van der Waals surface area contributed by atoms with Gasteiger partial charge < -0.3 is 15.0 Å². The van der Waals surface area contributed by atoms with Crippen LogP contribution in [-0.4, -0.2) is 27.8 Å². The van der Waals surface area contributed by atoms with E-state index in [-0.39, 0.29) is 0 Å². The van der Waals surface area contributed by atoms with Gasteiger partial charge in [0.05, 0.1) is 11.7 Å². The zero-order valence-electron chi connectivity index (χ0n) is 10.2. The Kier molecular flexibility index (Phi) is 3.16. The monoisotopic (exact) mass is 235 g/mol. The van der Waals surface area contributed by atoms with Gasteiger partial charge in [0.15, 0.2) is 0 Å². The molecule has 2 unspecified atom stereocenters. The molecule has 0 aliphatic carbocycles. The smallest absolute Gasteiger partial charge is 0.109 e. The van der Waals surface area contributed by atoms with Gasteiger partial charge in [-0.3, -0.25) is 0 Å². The number of piperidine rings is 1. The molecule has 0 aromatic carbocycles. The van der Waals surface area contributed by atoms with E-state index in [1.165, 1.54) is 30.8 Å². The summed E-state index contributed by atoms with van der Waals surface area (Å²) in [6.07, 6.45) is 8.08. The fraction of sp³-hybridized carbons (Fsp3) is 0.769. The van der Waals surface area contributed by atoms with Crippen LogP contribution in [0, 0.1) is 5.92 Å². The molecule has 0 spiro atoms. The second-order valence-corrected chi connectivity index (χ2v) is 5.32. The van der Waals surface area contributed by atoms with Gasteiger partial charge in [0, 0.05) is 31.7 Å². The van der Waals surface area contributed by atoms with Gasteiger partial charge in [-0.15, -0.1) is 0 Å². The van der Waals surface area contributed by atoms with Crippen molar-refractivity contribution in [3.05, 3.63) is 17.7 Å². The number of hydrogen-bond acceptors (Lipinski definition) is 3. The first-order valence-electron chi connectivity index (χ1n) is 6.77. The molecule has 3 heterocycles. The molecule has 1 aromatic heterocycles. The number of rotatable bonds is 2. The largest absolute Gasteiger partial charge is 0.396 e. The maximum atomic E-state index is 9.23. The van der Waals surface area contributed by atoms with Crippen molar-refractivity contribution in [2.45, 2.75) is 44.7 Å². The van der Waals surface area contributed by atoms with Crippen LogP contribution in [0.1, 0.15) is 43.2 Å². The van der Waals surface area contributed by atoms with E-state index in [1.807, 2.05) is 0 Å². The van der Waals surface area contributed by atoms with Crippen LogP contribution < -0.4 is 5.32 Å². The molecule has 2 aliphatic heterocycles. The predicted octanol–water partition coefficient (Wildman–Crippen LogP) is 1.25. The minimum Gasteiger partial charge on any atom is -0.396 e. The number of hydrogen-bond donors (Lipinski definition) is 2. The third kappa shape index (κ3) is 2.24. The second-order valence-electron chi connectivity index (χ2n) is 5.32. The average Bonchev–Trinajstić information content (AvgIpc) is 2.82. The van der Waals surface area contributed by atoms with E-state index in [1.54, 1.807) is 0 Å². The summed E-state index contributed by atoms with van der Waals surface area (Å²) in [7, 11) is 0. The van der Waals surface area contributed by atoms with Gasteiger partial charge >= 0.3 is 0 Å². The molecule has 1 fully saturated rings. The minimum atomic E-state index is 0.300. The van der Waals surface area contributed by atoms with Crippen molar-refractivity contribution in [2.75, 3.05) is 13.2 Å². The Morgan fingerprint density at radius 1 is 1.41 bits per heavy atom. The quantitative estimate of drug-likeness (QED) is 0.811. The predicted molar refractivity (Wildman–Crippen MR) is 65.7 cm³/mol. The first-order chi connectivity index (χ1) is 8.36. The highest BCUT2D eigenvalue weighted by molar-refractivity contribution is 5.11. The summed E-state index contributed by atoms with van der Waals surface area (Å²) in [4.78, 5) is 4.76. The van der Waals surface area contributed by atoms with Gasteiger partial charge in [-0.05, 0) is 25.8 Å². The topological polar surface area (TPSA) is 50.1 Å². The molecule has 2 N–H and O–H groups in total. The molecule has 0 bridgehead atoms. The third-order valence-corrected chi connectivity index (χ3v) is 4.03. The fourth-order valence-corrected chi connectivity index (χ4v) is 2.96. The summed E-state index contributed by atoms with van der Waals surface area (Å²) in [5.74, 6) is 1.63. The Hall–Kier alpha value is -0.870. The van der Waals surface area contributed by atoms with Crippen molar-refractivity contribution < 1.29 is 5.11 Å². The summed E-state index contributed by atoms with van der Waals surface area (Å²) in [5, 5.41) is 12.8. The zero-order chi connectivity index (χ0) is 11.7. The maximum absolute atomic E-state index is 9.23. The first-order valence-corrected chi connectivity index (χ1v) is 6.77. The van der Waals surface area contributed by atoms with Gasteiger partial charge in [0.2, 0.25) is 0 Å². The molecule has 4 nitrogen and oxygen atoms in total. The Bertz CT molecular complexity index is 382. The second kappa shape index (κ2) is 4.78. The number of aromatic nitrogens is 2. The van der Waals surface area contributed by atoms with Crippen LogP contribution in [0.2, 0.25) is 0 Å². The van der Waals surface area contributed by atoms with Crippen molar-refractivity contribution in [1.82, 2.24) is 14.9 Å². The van der Waals surface area contributed by atoms with E-state index in [9.17, 15) is 5.11 Å². The van der Waals surface area contributed by atoms with E-state index in [4.69, 9.17) is 4.98 Å². The number of imidazole rings is 1. The van der Waals surface area contributed by atoms with E-state index in [2.05, 4.69) is 16.1 Å². The Labute approximate surface area is 102 Å². The van der Waals surface area contributed by atoms with E-state index in [0.717, 1.165) is 25.9 Å². The van der Waals surface area contributed by atoms with Crippen LogP contribution in [0.25, 0.3) is 0 Å². The van der Waals surface area contributed by atoms with Gasteiger partial charge in [-0.25, -0.2) is 4.98 Å². The number of nitrogens with zero attached hydrogens (tertiary/aromatic N) is 2. The van der Waals surface area contributed by atoms with E-state index < -0.39 is 0 Å². The van der Waals surface area contributed by atoms with Crippen LogP contribution in [0.5, 0.6) is 0 Å². The first kappa shape index (κ1) is 11.2. The summed E-state index contributed by atoms with van der Waals surface area (Å²) in [5.41, 5.74) is 1.21. The highest BCUT2D eigenvalue weighted by Gasteiger charge is 2.23. The molecule has 94 valence electrons. The Morgan fingerprint density at radius 3 is 3.12 bits per heavy atom. The third-order valence-electron chi connectivity index (χ3n) is 4.03. The van der Waals surface area contributed by atoms with Gasteiger partial charge in [0.1, 0.15) is 5.82 Å². The van der Waals surface area contributed by atoms with Gasteiger partial charge in [0.25, 0.3) is 0 Å². The van der Waals surface area contributed by atoms with Crippen LogP contribution in [0.4, 0.5) is 0 Å². The molecule has 2 atom stereocenters.